The number of nitrogens with zero attached hydrogens (tertiary/aromatic N) is 4. The van der Waals surface area contributed by atoms with E-state index in [1.54, 1.807) is 0 Å². The molecule has 6 rings (SSSR count). The summed E-state index contributed by atoms with van der Waals surface area (Å²) in [6, 6.07) is 4.31. The average Bonchev–Trinajstić information content (AvgIpc) is 3.26. The van der Waals surface area contributed by atoms with Crippen LogP contribution in [-0.2, 0) is 9.63 Å². The molecule has 1 aromatic heterocycles. The molecule has 6 heteroatoms. The summed E-state index contributed by atoms with van der Waals surface area (Å²) in [6.45, 7) is 9.18. The highest BCUT2D eigenvalue weighted by atomic mass is 16.7. The Balaban J connectivity index is 1.12. The summed E-state index contributed by atoms with van der Waals surface area (Å²) in [5.41, 5.74) is 5.84. The molecule has 0 amide bonds. The summed E-state index contributed by atoms with van der Waals surface area (Å²) >= 11 is 0. The number of hydrogen-bond acceptors (Lipinski definition) is 6. The van der Waals surface area contributed by atoms with Crippen LogP contribution in [-0.4, -0.2) is 66.2 Å². The topological polar surface area (TPSA) is 58.0 Å². The van der Waals surface area contributed by atoms with Crippen LogP contribution >= 0.6 is 0 Å². The summed E-state index contributed by atoms with van der Waals surface area (Å²) in [5, 5.41) is 4.34. The number of carbonyl (C=O) groups excluding carboxylic acids is 1. The Kier molecular flexibility index (Phi) is 6.60. The van der Waals surface area contributed by atoms with Crippen LogP contribution in [0.5, 0.6) is 0 Å². The molecule has 5 atom stereocenters. The van der Waals surface area contributed by atoms with Crippen LogP contribution in [0.1, 0.15) is 64.4 Å². The predicted molar refractivity (Wildman–Crippen MR) is 147 cm³/mol. The largest absolute Gasteiger partial charge is 0.348 e. The second-order valence-corrected chi connectivity index (χ2v) is 12.7. The summed E-state index contributed by atoms with van der Waals surface area (Å²) < 4.78 is 0. The van der Waals surface area contributed by atoms with Crippen molar-refractivity contribution in [2.24, 2.45) is 33.7 Å². The van der Waals surface area contributed by atoms with Crippen LogP contribution in [0.3, 0.4) is 0 Å². The second-order valence-electron chi connectivity index (χ2n) is 12.7. The van der Waals surface area contributed by atoms with Gasteiger partial charge in [-0.05, 0) is 104 Å². The monoisotopic (exact) mass is 502 g/mol. The van der Waals surface area contributed by atoms with E-state index in [2.05, 4.69) is 71.3 Å². The van der Waals surface area contributed by atoms with Gasteiger partial charge in [0, 0.05) is 38.6 Å². The lowest BCUT2D eigenvalue weighted by molar-refractivity contribution is -0.145. The Hall–Kier alpha value is -2.31. The number of likely N-dealkylation sites (N-methyl/N-ethyl adjacent to an activating group) is 1. The molecule has 1 aliphatic heterocycles. The first-order chi connectivity index (χ1) is 17.9. The van der Waals surface area contributed by atoms with E-state index in [9.17, 15) is 4.79 Å². The minimum absolute atomic E-state index is 0.239. The SMILES string of the molecule is CN1CCN(CC(=O)ON=C2C=C3CC[C@H]4[C@H](CC[C@]5(C)C(c6cccnc6)=CC[C@@H]45)[C@@]3(C)CC2)CC1. The molecule has 0 N–H and O–H groups in total. The molecule has 198 valence electrons. The Morgan fingerprint density at radius 2 is 1.95 bits per heavy atom. The van der Waals surface area contributed by atoms with E-state index in [-0.39, 0.29) is 16.8 Å². The van der Waals surface area contributed by atoms with Crippen molar-refractivity contribution in [1.82, 2.24) is 14.8 Å². The fourth-order valence-electron chi connectivity index (χ4n) is 8.51. The van der Waals surface area contributed by atoms with Crippen LogP contribution in [0.4, 0.5) is 0 Å². The lowest BCUT2D eigenvalue weighted by Crippen LogP contribution is -2.49. The Bertz CT molecular complexity index is 1120. The van der Waals surface area contributed by atoms with Gasteiger partial charge in [-0.25, -0.2) is 4.79 Å². The molecule has 0 aromatic carbocycles. The molecule has 0 unspecified atom stereocenters. The van der Waals surface area contributed by atoms with Crippen LogP contribution < -0.4 is 0 Å². The lowest BCUT2D eigenvalue weighted by atomic mass is 9.46. The van der Waals surface area contributed by atoms with Gasteiger partial charge in [-0.15, -0.1) is 0 Å². The zero-order chi connectivity index (χ0) is 25.6. The molecule has 2 saturated carbocycles. The third kappa shape index (κ3) is 4.50. The first-order valence-corrected chi connectivity index (χ1v) is 14.4. The molecule has 5 aliphatic rings. The van der Waals surface area contributed by atoms with Crippen molar-refractivity contribution in [2.75, 3.05) is 39.8 Å². The number of carbonyl (C=O) groups is 1. The smallest absolute Gasteiger partial charge is 0.317 e. The van der Waals surface area contributed by atoms with Gasteiger partial charge in [-0.2, -0.15) is 0 Å². The molecule has 3 fully saturated rings. The van der Waals surface area contributed by atoms with E-state index in [4.69, 9.17) is 4.84 Å². The lowest BCUT2D eigenvalue weighted by Gasteiger charge is -2.58. The van der Waals surface area contributed by atoms with Gasteiger partial charge in [0.25, 0.3) is 0 Å². The normalized spacial score (nSPS) is 37.3. The Morgan fingerprint density at radius 3 is 2.73 bits per heavy atom. The van der Waals surface area contributed by atoms with Gasteiger partial charge in [0.05, 0.1) is 12.3 Å². The summed E-state index contributed by atoms with van der Waals surface area (Å²) in [7, 11) is 2.12. The molecular weight excluding hydrogens is 460 g/mol. The number of rotatable bonds is 4. The standard InChI is InChI=1S/C31H42N4O2/c1-30-12-10-24(33-37-29(36)21-35-17-15-34(3)16-18-35)19-23(30)6-7-25-27-9-8-26(22-5-4-14-32-20-22)31(27,2)13-11-28(25)30/h4-5,8,14,19-20,25,27-28H,6-7,9-13,15-18,21H2,1-3H3/t25-,27+,28+,30+,31-/m1/s1. The number of aromatic nitrogens is 1. The molecule has 37 heavy (non-hydrogen) atoms. The minimum atomic E-state index is -0.239. The molecule has 0 spiro atoms. The number of fused-ring (bicyclic) bond motifs is 5. The quantitative estimate of drug-likeness (QED) is 0.419. The molecule has 2 heterocycles. The highest BCUT2D eigenvalue weighted by Crippen LogP contribution is 2.66. The Morgan fingerprint density at radius 1 is 1.11 bits per heavy atom. The maximum atomic E-state index is 12.4. The minimum Gasteiger partial charge on any atom is -0.317 e. The maximum absolute atomic E-state index is 12.4. The van der Waals surface area contributed by atoms with Gasteiger partial charge >= 0.3 is 5.97 Å². The summed E-state index contributed by atoms with van der Waals surface area (Å²) in [5.74, 6) is 1.99. The zero-order valence-corrected chi connectivity index (χ0v) is 22.8. The third-order valence-electron chi connectivity index (χ3n) is 10.7. The first-order valence-electron chi connectivity index (χ1n) is 14.4. The predicted octanol–water partition coefficient (Wildman–Crippen LogP) is 5.18. The van der Waals surface area contributed by atoms with Gasteiger partial charge in [0.15, 0.2) is 0 Å². The maximum Gasteiger partial charge on any atom is 0.348 e. The molecule has 6 nitrogen and oxygen atoms in total. The van der Waals surface area contributed by atoms with Gasteiger partial charge in [-0.3, -0.25) is 9.88 Å². The number of allylic oxidation sites excluding steroid dienone is 4. The first kappa shape index (κ1) is 25.0. The fraction of sp³-hybridized carbons (Fsp3) is 0.645. The van der Waals surface area contributed by atoms with Crippen molar-refractivity contribution < 1.29 is 9.63 Å². The van der Waals surface area contributed by atoms with Crippen LogP contribution in [0, 0.1) is 28.6 Å². The number of pyridine rings is 1. The van der Waals surface area contributed by atoms with Crippen molar-refractivity contribution >= 4 is 17.3 Å². The van der Waals surface area contributed by atoms with Gasteiger partial charge in [0.1, 0.15) is 0 Å². The van der Waals surface area contributed by atoms with Gasteiger partial charge in [0.2, 0.25) is 0 Å². The van der Waals surface area contributed by atoms with Crippen LogP contribution in [0.2, 0.25) is 0 Å². The van der Waals surface area contributed by atoms with Crippen LogP contribution in [0.25, 0.3) is 5.57 Å². The van der Waals surface area contributed by atoms with Crippen molar-refractivity contribution in [3.63, 3.8) is 0 Å². The van der Waals surface area contributed by atoms with E-state index in [0.29, 0.717) is 6.54 Å². The molecule has 0 radical (unpaired) electrons. The van der Waals surface area contributed by atoms with Crippen molar-refractivity contribution in [1.29, 1.82) is 0 Å². The summed E-state index contributed by atoms with van der Waals surface area (Å²) in [4.78, 5) is 26.7. The van der Waals surface area contributed by atoms with Crippen LogP contribution in [0.15, 0.2) is 47.4 Å². The zero-order valence-electron chi connectivity index (χ0n) is 22.8. The Labute approximate surface area is 221 Å². The van der Waals surface area contributed by atoms with E-state index < -0.39 is 0 Å². The van der Waals surface area contributed by atoms with Crippen molar-refractivity contribution in [3.05, 3.63) is 47.8 Å². The van der Waals surface area contributed by atoms with E-state index in [0.717, 1.165) is 68.9 Å². The third-order valence-corrected chi connectivity index (χ3v) is 10.7. The number of piperazine rings is 1. The van der Waals surface area contributed by atoms with E-state index >= 15 is 0 Å². The van der Waals surface area contributed by atoms with Crippen molar-refractivity contribution in [2.45, 2.75) is 58.8 Å². The molecule has 1 saturated heterocycles. The second kappa shape index (κ2) is 9.77. The summed E-state index contributed by atoms with van der Waals surface area (Å²) in [6.07, 6.45) is 16.9. The highest BCUT2D eigenvalue weighted by molar-refractivity contribution is 5.96. The van der Waals surface area contributed by atoms with E-state index in [1.165, 1.54) is 42.4 Å². The van der Waals surface area contributed by atoms with Gasteiger partial charge < -0.3 is 9.74 Å². The molecular formula is C31H42N4O2. The van der Waals surface area contributed by atoms with E-state index in [1.807, 2.05) is 6.20 Å². The van der Waals surface area contributed by atoms with Crippen molar-refractivity contribution in [3.8, 4) is 0 Å². The average molecular weight is 503 g/mol. The molecule has 4 aliphatic carbocycles. The number of oxime groups is 1. The van der Waals surface area contributed by atoms with Gasteiger partial charge in [-0.1, -0.05) is 36.7 Å². The molecule has 0 bridgehead atoms. The fourth-order valence-corrected chi connectivity index (χ4v) is 8.51. The number of hydrogen-bond donors (Lipinski definition) is 0. The molecule has 1 aromatic rings. The highest BCUT2D eigenvalue weighted by Gasteiger charge is 2.57.